The fraction of sp³-hybridized carbons (Fsp3) is 0.0769. The summed E-state index contributed by atoms with van der Waals surface area (Å²) in [5, 5.41) is 8.63. The molecular formula is C13H8BrFN2O. The lowest BCUT2D eigenvalue weighted by atomic mass is 10.1. The molecule has 0 radical (unpaired) electrons. The molecule has 1 aromatic carbocycles. The van der Waals surface area contributed by atoms with Gasteiger partial charge in [0.15, 0.2) is 0 Å². The van der Waals surface area contributed by atoms with Crippen LogP contribution in [0.4, 0.5) is 4.39 Å². The van der Waals surface area contributed by atoms with E-state index in [1.807, 2.05) is 6.07 Å². The lowest BCUT2D eigenvalue weighted by molar-refractivity contribution is 0.286. The summed E-state index contributed by atoms with van der Waals surface area (Å²) in [6.07, 6.45) is 1.59. The molecule has 0 N–H and O–H groups in total. The second-order valence-corrected chi connectivity index (χ2v) is 4.35. The van der Waals surface area contributed by atoms with E-state index in [1.54, 1.807) is 24.4 Å². The Kier molecular flexibility index (Phi) is 3.90. The lowest BCUT2D eigenvalue weighted by Gasteiger charge is -2.07. The minimum atomic E-state index is -0.457. The van der Waals surface area contributed by atoms with Crippen LogP contribution in [0, 0.1) is 17.1 Å². The quantitative estimate of drug-likeness (QED) is 0.872. The Morgan fingerprint density at radius 3 is 2.89 bits per heavy atom. The predicted octanol–water partition coefficient (Wildman–Crippen LogP) is 3.43. The molecule has 0 unspecified atom stereocenters. The van der Waals surface area contributed by atoms with Crippen LogP contribution in [0.5, 0.6) is 5.88 Å². The molecular weight excluding hydrogens is 299 g/mol. The molecule has 90 valence electrons. The number of benzene rings is 1. The summed E-state index contributed by atoms with van der Waals surface area (Å²) in [4.78, 5) is 4.01. The van der Waals surface area contributed by atoms with E-state index in [-0.39, 0.29) is 12.2 Å². The molecule has 0 saturated heterocycles. The number of ether oxygens (including phenoxy) is 1. The highest BCUT2D eigenvalue weighted by Crippen LogP contribution is 2.22. The third-order valence-electron chi connectivity index (χ3n) is 2.27. The van der Waals surface area contributed by atoms with Crippen LogP contribution in [0.3, 0.4) is 0 Å². The number of nitriles is 1. The third kappa shape index (κ3) is 2.84. The molecule has 0 amide bonds. The maximum atomic E-state index is 13.6. The molecule has 2 rings (SSSR count). The molecule has 0 fully saturated rings. The summed E-state index contributed by atoms with van der Waals surface area (Å²) in [5.74, 6) is -0.0534. The highest BCUT2D eigenvalue weighted by Gasteiger charge is 2.06. The smallest absolute Gasteiger partial charge is 0.228 e. The van der Waals surface area contributed by atoms with Crippen molar-refractivity contribution in [3.05, 3.63) is 57.9 Å². The molecule has 1 aromatic heterocycles. The van der Waals surface area contributed by atoms with Gasteiger partial charge < -0.3 is 4.74 Å². The maximum Gasteiger partial charge on any atom is 0.228 e. The second-order valence-electron chi connectivity index (χ2n) is 3.50. The fourth-order valence-electron chi connectivity index (χ4n) is 1.36. The van der Waals surface area contributed by atoms with Crippen LogP contribution < -0.4 is 4.74 Å². The zero-order chi connectivity index (χ0) is 13.0. The first-order chi connectivity index (χ1) is 8.70. The molecule has 18 heavy (non-hydrogen) atoms. The van der Waals surface area contributed by atoms with E-state index >= 15 is 0 Å². The fourth-order valence-corrected chi connectivity index (χ4v) is 1.73. The molecule has 0 saturated carbocycles. The summed E-state index contributed by atoms with van der Waals surface area (Å²) in [7, 11) is 0. The van der Waals surface area contributed by atoms with Crippen LogP contribution in [0.1, 0.15) is 11.1 Å². The van der Waals surface area contributed by atoms with Gasteiger partial charge in [0.05, 0.1) is 16.1 Å². The van der Waals surface area contributed by atoms with Crippen molar-refractivity contribution in [2.75, 3.05) is 0 Å². The summed E-state index contributed by atoms with van der Waals surface area (Å²) in [5.41, 5.74) is 0.668. The number of nitrogens with zero attached hydrogens (tertiary/aromatic N) is 2. The maximum absolute atomic E-state index is 13.6. The first kappa shape index (κ1) is 12.5. The van der Waals surface area contributed by atoms with E-state index in [2.05, 4.69) is 20.9 Å². The Labute approximate surface area is 112 Å². The summed E-state index contributed by atoms with van der Waals surface area (Å²) < 4.78 is 19.7. The van der Waals surface area contributed by atoms with Gasteiger partial charge in [-0.25, -0.2) is 9.37 Å². The van der Waals surface area contributed by atoms with Crippen molar-refractivity contribution in [1.82, 2.24) is 4.98 Å². The van der Waals surface area contributed by atoms with Crippen molar-refractivity contribution >= 4 is 15.9 Å². The van der Waals surface area contributed by atoms with E-state index < -0.39 is 5.82 Å². The number of pyridine rings is 1. The van der Waals surface area contributed by atoms with Crippen molar-refractivity contribution in [3.63, 3.8) is 0 Å². The van der Waals surface area contributed by atoms with Crippen LogP contribution >= 0.6 is 15.9 Å². The van der Waals surface area contributed by atoms with Crippen LogP contribution in [0.15, 0.2) is 41.0 Å². The van der Waals surface area contributed by atoms with Crippen LogP contribution in [-0.4, -0.2) is 4.98 Å². The normalized spacial score (nSPS) is 9.83. The highest BCUT2D eigenvalue weighted by molar-refractivity contribution is 9.10. The van der Waals surface area contributed by atoms with Gasteiger partial charge in [-0.15, -0.1) is 0 Å². The molecule has 2 aromatic rings. The van der Waals surface area contributed by atoms with Crippen molar-refractivity contribution < 1.29 is 9.13 Å². The minimum absolute atomic E-state index is 0.0627. The molecule has 0 spiro atoms. The van der Waals surface area contributed by atoms with E-state index in [0.29, 0.717) is 15.9 Å². The largest absolute Gasteiger partial charge is 0.472 e. The monoisotopic (exact) mass is 306 g/mol. The molecule has 0 aliphatic rings. The highest BCUT2D eigenvalue weighted by atomic mass is 79.9. The Morgan fingerprint density at radius 1 is 1.39 bits per heavy atom. The Balaban J connectivity index is 2.12. The molecule has 5 heteroatoms. The Morgan fingerprint density at radius 2 is 2.22 bits per heavy atom. The first-order valence-corrected chi connectivity index (χ1v) is 5.92. The van der Waals surface area contributed by atoms with Gasteiger partial charge in [-0.3, -0.25) is 0 Å². The van der Waals surface area contributed by atoms with Gasteiger partial charge >= 0.3 is 0 Å². The van der Waals surface area contributed by atoms with Crippen molar-refractivity contribution in [2.24, 2.45) is 0 Å². The van der Waals surface area contributed by atoms with E-state index in [1.165, 1.54) is 12.1 Å². The van der Waals surface area contributed by atoms with Gasteiger partial charge in [-0.2, -0.15) is 5.26 Å². The van der Waals surface area contributed by atoms with Gasteiger partial charge in [0.2, 0.25) is 5.88 Å². The number of halogens is 2. The number of hydrogen-bond acceptors (Lipinski definition) is 3. The van der Waals surface area contributed by atoms with Crippen LogP contribution in [0.2, 0.25) is 0 Å². The average molecular weight is 307 g/mol. The Hall–Kier alpha value is -1.93. The zero-order valence-corrected chi connectivity index (χ0v) is 10.8. The summed E-state index contributed by atoms with van der Waals surface area (Å²) >= 11 is 3.29. The predicted molar refractivity (Wildman–Crippen MR) is 67.4 cm³/mol. The van der Waals surface area contributed by atoms with Gasteiger partial charge in [-0.05, 0) is 40.2 Å². The molecule has 0 atom stereocenters. The molecule has 1 heterocycles. The van der Waals surface area contributed by atoms with Crippen LogP contribution in [0.25, 0.3) is 0 Å². The zero-order valence-electron chi connectivity index (χ0n) is 9.23. The van der Waals surface area contributed by atoms with Gasteiger partial charge in [-0.1, -0.05) is 6.07 Å². The first-order valence-electron chi connectivity index (χ1n) is 5.12. The number of hydrogen-bond donors (Lipinski definition) is 0. The number of rotatable bonds is 3. The van der Waals surface area contributed by atoms with Crippen molar-refractivity contribution in [2.45, 2.75) is 6.61 Å². The van der Waals surface area contributed by atoms with Crippen LogP contribution in [-0.2, 0) is 6.61 Å². The lowest BCUT2D eigenvalue weighted by Crippen LogP contribution is -2.00. The van der Waals surface area contributed by atoms with Gasteiger partial charge in [0.25, 0.3) is 0 Å². The average Bonchev–Trinajstić information content (AvgIpc) is 2.39. The summed E-state index contributed by atoms with van der Waals surface area (Å²) in [6.45, 7) is 0.0627. The molecule has 0 bridgehead atoms. The molecule has 0 aliphatic heterocycles. The summed E-state index contributed by atoms with van der Waals surface area (Å²) in [6, 6.07) is 9.70. The van der Waals surface area contributed by atoms with Gasteiger partial charge in [0.1, 0.15) is 12.4 Å². The van der Waals surface area contributed by atoms with Gasteiger partial charge in [0, 0.05) is 11.8 Å². The molecule has 3 nitrogen and oxygen atoms in total. The Bertz CT molecular complexity index is 610. The van der Waals surface area contributed by atoms with E-state index in [0.717, 1.165) is 0 Å². The minimum Gasteiger partial charge on any atom is -0.472 e. The van der Waals surface area contributed by atoms with Crippen molar-refractivity contribution in [1.29, 1.82) is 5.26 Å². The van der Waals surface area contributed by atoms with E-state index in [9.17, 15) is 4.39 Å². The van der Waals surface area contributed by atoms with E-state index in [4.69, 9.17) is 10.00 Å². The number of aromatic nitrogens is 1. The third-order valence-corrected chi connectivity index (χ3v) is 2.87. The second kappa shape index (κ2) is 5.61. The standard InChI is InChI=1S/C13H8BrFN2O/c14-11-2-1-5-17-13(11)18-8-10-4-3-9(7-16)6-12(10)15/h1-6H,8H2. The van der Waals surface area contributed by atoms with Crippen molar-refractivity contribution in [3.8, 4) is 11.9 Å². The topological polar surface area (TPSA) is 45.9 Å². The SMILES string of the molecule is N#Cc1ccc(COc2ncccc2Br)c(F)c1. The molecule has 0 aliphatic carbocycles.